The van der Waals surface area contributed by atoms with E-state index >= 15 is 0 Å². The molecule has 3 rings (SSSR count). The van der Waals surface area contributed by atoms with Gasteiger partial charge in [0.25, 0.3) is 11.1 Å². The van der Waals surface area contributed by atoms with Gasteiger partial charge in [0, 0.05) is 10.8 Å². The monoisotopic (exact) mass is 238 g/mol. The number of aromatic nitrogens is 1. The van der Waals surface area contributed by atoms with Crippen LogP contribution in [0.1, 0.15) is 0 Å². The minimum absolute atomic E-state index is 0.443. The predicted octanol–water partition coefficient (Wildman–Crippen LogP) is 1.23. The number of benzene rings is 2. The van der Waals surface area contributed by atoms with Crippen molar-refractivity contribution in [3.63, 3.8) is 0 Å². The summed E-state index contributed by atoms with van der Waals surface area (Å²) in [6, 6.07) is 14.2. The van der Waals surface area contributed by atoms with E-state index in [1.165, 1.54) is 0 Å². The molecule has 2 N–H and O–H groups in total. The average molecular weight is 238 g/mol. The molecule has 2 aromatic carbocycles. The molecular formula is C14H10N2O2. The molecule has 0 aliphatic rings. The van der Waals surface area contributed by atoms with Crippen LogP contribution in [0.4, 0.5) is 0 Å². The maximum absolute atomic E-state index is 12.1. The van der Waals surface area contributed by atoms with Crippen molar-refractivity contribution in [1.29, 1.82) is 0 Å². The number of nitrogen functional groups attached to an aromatic ring is 1. The Bertz CT molecular complexity index is 809. The van der Waals surface area contributed by atoms with E-state index < -0.39 is 11.1 Å². The van der Waals surface area contributed by atoms with Crippen LogP contribution in [0.3, 0.4) is 0 Å². The molecule has 0 radical (unpaired) electrons. The Morgan fingerprint density at radius 2 is 1.00 bits per heavy atom. The van der Waals surface area contributed by atoms with E-state index in [1.807, 2.05) is 24.3 Å². The molecule has 0 amide bonds. The minimum Gasteiger partial charge on any atom is -0.333 e. The number of fused-ring (bicyclic) bond motifs is 3. The summed E-state index contributed by atoms with van der Waals surface area (Å²) in [6.45, 7) is 0. The van der Waals surface area contributed by atoms with Crippen molar-refractivity contribution in [2.75, 3.05) is 5.84 Å². The summed E-state index contributed by atoms with van der Waals surface area (Å²) in [7, 11) is 0. The molecule has 3 aromatic rings. The summed E-state index contributed by atoms with van der Waals surface area (Å²) in [5.74, 6) is 5.59. The summed E-state index contributed by atoms with van der Waals surface area (Å²) in [5, 5.41) is 2.36. The summed E-state index contributed by atoms with van der Waals surface area (Å²) in [6.07, 6.45) is 0. The van der Waals surface area contributed by atoms with Gasteiger partial charge < -0.3 is 5.84 Å². The molecule has 0 spiro atoms. The lowest BCUT2D eigenvalue weighted by molar-refractivity contribution is 0.921. The number of rotatable bonds is 0. The van der Waals surface area contributed by atoms with Crippen molar-refractivity contribution in [3.8, 4) is 0 Å². The van der Waals surface area contributed by atoms with E-state index in [2.05, 4.69) is 0 Å². The van der Waals surface area contributed by atoms with Crippen LogP contribution in [0, 0.1) is 0 Å². The van der Waals surface area contributed by atoms with Gasteiger partial charge in [0.05, 0.1) is 0 Å². The Morgan fingerprint density at radius 1 is 0.667 bits per heavy atom. The van der Waals surface area contributed by atoms with Crippen LogP contribution < -0.4 is 17.0 Å². The lowest BCUT2D eigenvalue weighted by Gasteiger charge is -1.94. The van der Waals surface area contributed by atoms with Crippen molar-refractivity contribution < 1.29 is 0 Å². The van der Waals surface area contributed by atoms with Gasteiger partial charge in [-0.15, -0.1) is 0 Å². The third-order valence-corrected chi connectivity index (χ3v) is 3.04. The highest BCUT2D eigenvalue weighted by atomic mass is 16.2. The smallest absolute Gasteiger partial charge is 0.279 e. The summed E-state index contributed by atoms with van der Waals surface area (Å²) in [5.41, 5.74) is -0.960. The van der Waals surface area contributed by atoms with Crippen LogP contribution in [-0.4, -0.2) is 4.68 Å². The quantitative estimate of drug-likeness (QED) is 0.599. The highest BCUT2D eigenvalue weighted by molar-refractivity contribution is 6.05. The van der Waals surface area contributed by atoms with Gasteiger partial charge in [-0.05, 0) is 22.9 Å². The largest absolute Gasteiger partial charge is 0.333 e. The van der Waals surface area contributed by atoms with Crippen LogP contribution in [0.25, 0.3) is 21.5 Å². The first-order valence-corrected chi connectivity index (χ1v) is 5.52. The zero-order chi connectivity index (χ0) is 12.7. The van der Waals surface area contributed by atoms with E-state index in [4.69, 9.17) is 5.84 Å². The first kappa shape index (κ1) is 10.5. The summed E-state index contributed by atoms with van der Waals surface area (Å²) in [4.78, 5) is 24.2. The fourth-order valence-corrected chi connectivity index (χ4v) is 2.16. The summed E-state index contributed by atoms with van der Waals surface area (Å²) >= 11 is 0. The lowest BCUT2D eigenvalue weighted by atomic mass is 10.1. The zero-order valence-corrected chi connectivity index (χ0v) is 9.46. The Balaban J connectivity index is 2.86. The number of nitrogens with zero attached hydrogens (tertiary/aromatic N) is 1. The van der Waals surface area contributed by atoms with Gasteiger partial charge in [-0.1, -0.05) is 36.4 Å². The standard InChI is InChI=1S/C14H10N2O2/c15-16-13(17)11-7-3-1-5-9(11)10-6-2-4-8-12(10)14(16)18/h1-8H,15H2. The molecule has 88 valence electrons. The zero-order valence-electron chi connectivity index (χ0n) is 9.46. The topological polar surface area (TPSA) is 65.1 Å². The molecule has 0 aliphatic carbocycles. The summed E-state index contributed by atoms with van der Waals surface area (Å²) < 4.78 is 0.671. The number of nitrogens with two attached hydrogens (primary N) is 1. The predicted molar refractivity (Wildman–Crippen MR) is 72.1 cm³/mol. The van der Waals surface area contributed by atoms with Gasteiger partial charge in [-0.3, -0.25) is 9.59 Å². The number of hydrogen-bond acceptors (Lipinski definition) is 3. The molecule has 0 atom stereocenters. The highest BCUT2D eigenvalue weighted by Gasteiger charge is 2.07. The van der Waals surface area contributed by atoms with Crippen LogP contribution >= 0.6 is 0 Å². The molecule has 1 aromatic heterocycles. The molecule has 4 nitrogen and oxygen atoms in total. The van der Waals surface area contributed by atoms with Crippen molar-refractivity contribution in [2.45, 2.75) is 0 Å². The van der Waals surface area contributed by atoms with Gasteiger partial charge >= 0.3 is 0 Å². The first-order valence-electron chi connectivity index (χ1n) is 5.52. The Kier molecular flexibility index (Phi) is 2.16. The van der Waals surface area contributed by atoms with Crippen LogP contribution in [0.2, 0.25) is 0 Å². The van der Waals surface area contributed by atoms with Gasteiger partial charge in [-0.25, -0.2) is 0 Å². The van der Waals surface area contributed by atoms with Gasteiger partial charge in [0.1, 0.15) is 0 Å². The maximum Gasteiger partial charge on any atom is 0.279 e. The molecule has 4 heteroatoms. The molecule has 0 saturated carbocycles. The molecule has 0 unspecified atom stereocenters. The van der Waals surface area contributed by atoms with Crippen LogP contribution in [0.15, 0.2) is 58.1 Å². The Labute approximate surface area is 102 Å². The molecule has 0 aliphatic heterocycles. The lowest BCUT2D eigenvalue weighted by Crippen LogP contribution is -2.36. The van der Waals surface area contributed by atoms with E-state index in [9.17, 15) is 9.59 Å². The molecule has 18 heavy (non-hydrogen) atoms. The fourth-order valence-electron chi connectivity index (χ4n) is 2.16. The van der Waals surface area contributed by atoms with Crippen LogP contribution in [-0.2, 0) is 0 Å². The fraction of sp³-hybridized carbons (Fsp3) is 0. The highest BCUT2D eigenvalue weighted by Crippen LogP contribution is 2.18. The second-order valence-corrected chi connectivity index (χ2v) is 4.07. The van der Waals surface area contributed by atoms with Crippen LogP contribution in [0.5, 0.6) is 0 Å². The molecule has 1 heterocycles. The van der Waals surface area contributed by atoms with Crippen molar-refractivity contribution in [3.05, 3.63) is 69.2 Å². The minimum atomic E-state index is -0.480. The van der Waals surface area contributed by atoms with E-state index in [1.54, 1.807) is 24.3 Å². The Morgan fingerprint density at radius 3 is 1.39 bits per heavy atom. The third kappa shape index (κ3) is 1.32. The average Bonchev–Trinajstić information content (AvgIpc) is 2.51. The normalized spacial score (nSPS) is 10.9. The maximum atomic E-state index is 12.1. The van der Waals surface area contributed by atoms with E-state index in [0.717, 1.165) is 10.8 Å². The van der Waals surface area contributed by atoms with Gasteiger partial charge in [0.15, 0.2) is 0 Å². The molecule has 0 bridgehead atoms. The van der Waals surface area contributed by atoms with Gasteiger partial charge in [-0.2, -0.15) is 4.68 Å². The van der Waals surface area contributed by atoms with Crippen molar-refractivity contribution in [2.24, 2.45) is 0 Å². The second kappa shape index (κ2) is 3.70. The SMILES string of the molecule is Nn1c(=O)c2ccccc2c2ccccc2c1=O. The number of hydrogen-bond donors (Lipinski definition) is 1. The Hall–Kier alpha value is -2.62. The molecule has 0 saturated heterocycles. The second-order valence-electron chi connectivity index (χ2n) is 4.07. The molecular weight excluding hydrogens is 228 g/mol. The first-order chi connectivity index (χ1) is 8.70. The van der Waals surface area contributed by atoms with Crippen molar-refractivity contribution in [1.82, 2.24) is 4.68 Å². The van der Waals surface area contributed by atoms with Gasteiger partial charge in [0.2, 0.25) is 0 Å². The third-order valence-electron chi connectivity index (χ3n) is 3.04. The van der Waals surface area contributed by atoms with E-state index in [0.29, 0.717) is 15.4 Å². The molecule has 0 fully saturated rings. The van der Waals surface area contributed by atoms with Crippen molar-refractivity contribution >= 4 is 21.5 Å². The van der Waals surface area contributed by atoms with E-state index in [-0.39, 0.29) is 0 Å².